The first-order valence-corrected chi connectivity index (χ1v) is 4.95. The lowest BCUT2D eigenvalue weighted by Gasteiger charge is -1.94. The Bertz CT molecular complexity index is 596. The van der Waals surface area contributed by atoms with E-state index in [2.05, 4.69) is 30.1 Å². The Morgan fingerprint density at radius 3 is 2.40 bits per heavy atom. The quantitative estimate of drug-likeness (QED) is 0.569. The fraction of sp³-hybridized carbons (Fsp3) is 0.0769. The van der Waals surface area contributed by atoms with Crippen molar-refractivity contribution in [3.8, 4) is 5.75 Å². The summed E-state index contributed by atoms with van der Waals surface area (Å²) in [6.07, 6.45) is 0. The summed E-state index contributed by atoms with van der Waals surface area (Å²) in [6.45, 7) is 2.07. The van der Waals surface area contributed by atoms with Gasteiger partial charge < -0.3 is 10.1 Å². The second kappa shape index (κ2) is 2.76. The zero-order valence-electron chi connectivity index (χ0n) is 8.41. The van der Waals surface area contributed by atoms with Crippen LogP contribution in [0, 0.1) is 6.92 Å². The first kappa shape index (κ1) is 8.36. The molecule has 1 aromatic heterocycles. The van der Waals surface area contributed by atoms with Crippen LogP contribution in [0.1, 0.15) is 5.56 Å². The molecule has 0 unspecified atom stereocenters. The number of aromatic hydroxyl groups is 1. The molecule has 1 heterocycles. The van der Waals surface area contributed by atoms with Crippen molar-refractivity contribution in [2.24, 2.45) is 0 Å². The van der Waals surface area contributed by atoms with Crippen LogP contribution >= 0.6 is 0 Å². The van der Waals surface area contributed by atoms with E-state index in [0.717, 1.165) is 16.4 Å². The molecular formula is C13H11NO. The van der Waals surface area contributed by atoms with Gasteiger partial charge in [0, 0.05) is 21.8 Å². The maximum atomic E-state index is 9.46. The summed E-state index contributed by atoms with van der Waals surface area (Å²) in [6, 6.07) is 11.7. The number of rotatable bonds is 0. The van der Waals surface area contributed by atoms with Crippen LogP contribution < -0.4 is 0 Å². The smallest absolute Gasteiger partial charge is 0.116 e. The van der Waals surface area contributed by atoms with Crippen molar-refractivity contribution in [3.63, 3.8) is 0 Å². The summed E-state index contributed by atoms with van der Waals surface area (Å²) in [4.78, 5) is 3.32. The highest BCUT2D eigenvalue weighted by Gasteiger charge is 2.04. The number of nitrogens with one attached hydrogen (secondary N) is 1. The minimum Gasteiger partial charge on any atom is -0.508 e. The summed E-state index contributed by atoms with van der Waals surface area (Å²) >= 11 is 0. The van der Waals surface area contributed by atoms with Crippen LogP contribution in [0.2, 0.25) is 0 Å². The Balaban J connectivity index is 2.55. The SMILES string of the molecule is Cc1ccc2[nH]c3ccc(O)cc3c2c1. The minimum absolute atomic E-state index is 0.310. The standard InChI is InChI=1S/C13H11NO/c1-8-2-4-12-10(6-8)11-7-9(15)3-5-13(11)14-12/h2-7,14-15H,1H3. The third kappa shape index (κ3) is 1.18. The fourth-order valence-corrected chi connectivity index (χ4v) is 2.00. The molecule has 2 nitrogen and oxygen atoms in total. The third-order valence-corrected chi connectivity index (χ3v) is 2.74. The predicted octanol–water partition coefficient (Wildman–Crippen LogP) is 3.34. The van der Waals surface area contributed by atoms with Gasteiger partial charge >= 0.3 is 0 Å². The molecule has 3 rings (SSSR count). The molecule has 0 fully saturated rings. The van der Waals surface area contributed by atoms with Crippen LogP contribution in [-0.2, 0) is 0 Å². The third-order valence-electron chi connectivity index (χ3n) is 2.74. The maximum Gasteiger partial charge on any atom is 0.116 e. The second-order valence-corrected chi connectivity index (χ2v) is 3.90. The number of benzene rings is 2. The van der Waals surface area contributed by atoms with Crippen LogP contribution in [0.25, 0.3) is 21.8 Å². The summed E-state index contributed by atoms with van der Waals surface area (Å²) in [7, 11) is 0. The van der Waals surface area contributed by atoms with Gasteiger partial charge in [-0.2, -0.15) is 0 Å². The fourth-order valence-electron chi connectivity index (χ4n) is 2.00. The van der Waals surface area contributed by atoms with Crippen LogP contribution in [-0.4, -0.2) is 10.1 Å². The Hall–Kier alpha value is -1.96. The molecule has 0 bridgehead atoms. The lowest BCUT2D eigenvalue weighted by atomic mass is 10.1. The van der Waals surface area contributed by atoms with Gasteiger partial charge in [0.2, 0.25) is 0 Å². The van der Waals surface area contributed by atoms with Gasteiger partial charge in [-0.05, 0) is 37.3 Å². The van der Waals surface area contributed by atoms with Crippen molar-refractivity contribution in [3.05, 3.63) is 42.0 Å². The van der Waals surface area contributed by atoms with Gasteiger partial charge in [-0.1, -0.05) is 11.6 Å². The van der Waals surface area contributed by atoms with E-state index in [9.17, 15) is 5.11 Å². The molecule has 2 heteroatoms. The largest absolute Gasteiger partial charge is 0.508 e. The van der Waals surface area contributed by atoms with Crippen LogP contribution in [0.5, 0.6) is 5.75 Å². The van der Waals surface area contributed by atoms with Crippen molar-refractivity contribution < 1.29 is 5.11 Å². The van der Waals surface area contributed by atoms with Crippen molar-refractivity contribution in [1.29, 1.82) is 0 Å². The average molecular weight is 197 g/mol. The van der Waals surface area contributed by atoms with Gasteiger partial charge in [0.25, 0.3) is 0 Å². The molecule has 0 spiro atoms. The summed E-state index contributed by atoms with van der Waals surface area (Å²) in [5.74, 6) is 0.310. The highest BCUT2D eigenvalue weighted by molar-refractivity contribution is 6.07. The molecule has 3 aromatic rings. The normalized spacial score (nSPS) is 11.3. The van der Waals surface area contributed by atoms with E-state index in [1.807, 2.05) is 6.07 Å². The Morgan fingerprint density at radius 1 is 0.933 bits per heavy atom. The van der Waals surface area contributed by atoms with Crippen molar-refractivity contribution in [2.75, 3.05) is 0 Å². The lowest BCUT2D eigenvalue weighted by Crippen LogP contribution is -1.71. The maximum absolute atomic E-state index is 9.46. The number of fused-ring (bicyclic) bond motifs is 3. The Kier molecular flexibility index (Phi) is 1.54. The molecule has 0 saturated carbocycles. The molecule has 2 aromatic carbocycles. The number of phenols is 1. The van der Waals surface area contributed by atoms with Crippen LogP contribution in [0.3, 0.4) is 0 Å². The topological polar surface area (TPSA) is 36.0 Å². The van der Waals surface area contributed by atoms with E-state index in [1.165, 1.54) is 10.9 Å². The number of hydrogen-bond donors (Lipinski definition) is 2. The van der Waals surface area contributed by atoms with E-state index in [-0.39, 0.29) is 0 Å². The molecule has 0 aliphatic carbocycles. The first-order chi connectivity index (χ1) is 7.24. The summed E-state index contributed by atoms with van der Waals surface area (Å²) in [5, 5.41) is 11.7. The first-order valence-electron chi connectivity index (χ1n) is 4.95. The molecular weight excluding hydrogens is 186 g/mol. The van der Waals surface area contributed by atoms with E-state index in [1.54, 1.807) is 12.1 Å². The van der Waals surface area contributed by atoms with E-state index in [4.69, 9.17) is 0 Å². The molecule has 0 aliphatic heterocycles. The van der Waals surface area contributed by atoms with E-state index < -0.39 is 0 Å². The Labute approximate surface area is 87.2 Å². The Morgan fingerprint density at radius 2 is 1.60 bits per heavy atom. The highest BCUT2D eigenvalue weighted by atomic mass is 16.3. The number of aromatic nitrogens is 1. The lowest BCUT2D eigenvalue weighted by molar-refractivity contribution is 0.476. The van der Waals surface area contributed by atoms with Crippen LogP contribution in [0.15, 0.2) is 36.4 Å². The molecule has 15 heavy (non-hydrogen) atoms. The molecule has 0 amide bonds. The number of H-pyrrole nitrogens is 1. The van der Waals surface area contributed by atoms with Crippen LogP contribution in [0.4, 0.5) is 0 Å². The number of hydrogen-bond acceptors (Lipinski definition) is 1. The number of phenolic OH excluding ortho intramolecular Hbond substituents is 1. The van der Waals surface area contributed by atoms with Gasteiger partial charge in [0.05, 0.1) is 0 Å². The summed E-state index contributed by atoms with van der Waals surface area (Å²) in [5.41, 5.74) is 3.40. The molecule has 0 aliphatic rings. The molecule has 0 radical (unpaired) electrons. The van der Waals surface area contributed by atoms with E-state index in [0.29, 0.717) is 5.75 Å². The van der Waals surface area contributed by atoms with Gasteiger partial charge in [-0.15, -0.1) is 0 Å². The van der Waals surface area contributed by atoms with Gasteiger partial charge in [0.1, 0.15) is 5.75 Å². The molecule has 74 valence electrons. The number of aryl methyl sites for hydroxylation is 1. The van der Waals surface area contributed by atoms with Gasteiger partial charge in [-0.25, -0.2) is 0 Å². The molecule has 2 N–H and O–H groups in total. The monoisotopic (exact) mass is 197 g/mol. The minimum atomic E-state index is 0.310. The average Bonchev–Trinajstić information content (AvgIpc) is 2.56. The summed E-state index contributed by atoms with van der Waals surface area (Å²) < 4.78 is 0. The predicted molar refractivity (Wildman–Crippen MR) is 62.2 cm³/mol. The van der Waals surface area contributed by atoms with Crippen molar-refractivity contribution in [2.45, 2.75) is 6.92 Å². The van der Waals surface area contributed by atoms with Crippen molar-refractivity contribution >= 4 is 21.8 Å². The van der Waals surface area contributed by atoms with E-state index >= 15 is 0 Å². The molecule has 0 saturated heterocycles. The van der Waals surface area contributed by atoms with Crippen molar-refractivity contribution in [1.82, 2.24) is 4.98 Å². The van der Waals surface area contributed by atoms with Gasteiger partial charge in [0.15, 0.2) is 0 Å². The number of aromatic amines is 1. The second-order valence-electron chi connectivity index (χ2n) is 3.90. The van der Waals surface area contributed by atoms with Gasteiger partial charge in [-0.3, -0.25) is 0 Å². The highest BCUT2D eigenvalue weighted by Crippen LogP contribution is 2.28. The zero-order chi connectivity index (χ0) is 10.4. The molecule has 0 atom stereocenters. The zero-order valence-corrected chi connectivity index (χ0v) is 8.41.